The maximum absolute atomic E-state index is 12.4. The van der Waals surface area contributed by atoms with Gasteiger partial charge in [-0.1, -0.05) is 23.2 Å². The topological polar surface area (TPSA) is 55.9 Å². The fourth-order valence-corrected chi connectivity index (χ4v) is 3.82. The molecule has 0 bridgehead atoms. The van der Waals surface area contributed by atoms with E-state index in [4.69, 9.17) is 23.2 Å². The Morgan fingerprint density at radius 2 is 1.52 bits per heavy atom. The van der Waals surface area contributed by atoms with Gasteiger partial charge in [0.15, 0.2) is 0 Å². The minimum absolute atomic E-state index is 0.00709. The van der Waals surface area contributed by atoms with E-state index in [2.05, 4.69) is 15.1 Å². The standard InChI is InChI=1S/C19H26Cl2N4O2/c20-16-4-3-15(13-17(16)21)19(27)22-14-18(26)25-11-9-24(10-12-25)8-7-23-5-1-2-6-23/h3-4,13H,1-2,5-12,14H2,(H,22,27). The molecule has 1 aromatic rings. The lowest BCUT2D eigenvalue weighted by Gasteiger charge is -2.35. The molecule has 0 saturated carbocycles. The molecule has 0 spiro atoms. The number of hydrogen-bond acceptors (Lipinski definition) is 4. The van der Waals surface area contributed by atoms with E-state index in [1.807, 2.05) is 4.90 Å². The zero-order chi connectivity index (χ0) is 19.2. The summed E-state index contributed by atoms with van der Waals surface area (Å²) in [6.45, 7) is 7.81. The molecule has 2 saturated heterocycles. The van der Waals surface area contributed by atoms with Gasteiger partial charge in [-0.25, -0.2) is 0 Å². The Morgan fingerprint density at radius 1 is 0.889 bits per heavy atom. The second kappa shape index (κ2) is 9.73. The molecule has 0 atom stereocenters. The van der Waals surface area contributed by atoms with Crippen LogP contribution < -0.4 is 5.32 Å². The van der Waals surface area contributed by atoms with E-state index >= 15 is 0 Å². The summed E-state index contributed by atoms with van der Waals surface area (Å²) in [7, 11) is 0. The van der Waals surface area contributed by atoms with Gasteiger partial charge in [0.1, 0.15) is 0 Å². The number of amides is 2. The summed E-state index contributed by atoms with van der Waals surface area (Å²) in [5.41, 5.74) is 0.393. The summed E-state index contributed by atoms with van der Waals surface area (Å²) in [6.07, 6.45) is 2.63. The van der Waals surface area contributed by atoms with E-state index in [0.29, 0.717) is 28.7 Å². The SMILES string of the molecule is O=C(NCC(=O)N1CCN(CCN2CCCC2)CC1)c1ccc(Cl)c(Cl)c1. The fourth-order valence-electron chi connectivity index (χ4n) is 3.52. The highest BCUT2D eigenvalue weighted by Gasteiger charge is 2.22. The largest absolute Gasteiger partial charge is 0.343 e. The van der Waals surface area contributed by atoms with E-state index in [1.54, 1.807) is 12.1 Å². The third-order valence-corrected chi connectivity index (χ3v) is 5.98. The van der Waals surface area contributed by atoms with Crippen molar-refractivity contribution in [1.82, 2.24) is 20.0 Å². The lowest BCUT2D eigenvalue weighted by Crippen LogP contribution is -2.52. The number of rotatable bonds is 6. The number of nitrogens with zero attached hydrogens (tertiary/aromatic N) is 3. The van der Waals surface area contributed by atoms with Crippen molar-refractivity contribution in [3.05, 3.63) is 33.8 Å². The van der Waals surface area contributed by atoms with Crippen molar-refractivity contribution in [3.8, 4) is 0 Å². The molecule has 2 heterocycles. The highest BCUT2D eigenvalue weighted by atomic mass is 35.5. The quantitative estimate of drug-likeness (QED) is 0.775. The first-order chi connectivity index (χ1) is 13.0. The number of hydrogen-bond donors (Lipinski definition) is 1. The number of nitrogens with one attached hydrogen (secondary N) is 1. The molecule has 2 amide bonds. The van der Waals surface area contributed by atoms with Crippen molar-refractivity contribution >= 4 is 35.0 Å². The molecule has 148 valence electrons. The van der Waals surface area contributed by atoms with Crippen LogP contribution >= 0.6 is 23.2 Å². The molecule has 6 nitrogen and oxygen atoms in total. The van der Waals surface area contributed by atoms with Crippen molar-refractivity contribution in [3.63, 3.8) is 0 Å². The van der Waals surface area contributed by atoms with Gasteiger partial charge in [-0.3, -0.25) is 14.5 Å². The molecule has 0 unspecified atom stereocenters. The average Bonchev–Trinajstić information content (AvgIpc) is 3.20. The van der Waals surface area contributed by atoms with Crippen LogP contribution in [-0.2, 0) is 4.79 Å². The highest BCUT2D eigenvalue weighted by molar-refractivity contribution is 6.42. The number of benzene rings is 1. The van der Waals surface area contributed by atoms with Crippen LogP contribution in [0.1, 0.15) is 23.2 Å². The van der Waals surface area contributed by atoms with Crippen molar-refractivity contribution in [2.75, 3.05) is 58.9 Å². The van der Waals surface area contributed by atoms with Gasteiger partial charge in [0, 0.05) is 44.8 Å². The van der Waals surface area contributed by atoms with E-state index in [9.17, 15) is 9.59 Å². The third kappa shape index (κ3) is 5.82. The molecule has 3 rings (SSSR count). The van der Waals surface area contributed by atoms with Gasteiger partial charge >= 0.3 is 0 Å². The summed E-state index contributed by atoms with van der Waals surface area (Å²) in [4.78, 5) is 31.3. The van der Waals surface area contributed by atoms with Gasteiger partial charge in [0.2, 0.25) is 5.91 Å². The van der Waals surface area contributed by atoms with E-state index in [0.717, 1.165) is 26.2 Å². The first-order valence-electron chi connectivity index (χ1n) is 9.48. The molecule has 2 aliphatic rings. The average molecular weight is 413 g/mol. The molecule has 1 aromatic carbocycles. The Morgan fingerprint density at radius 3 is 2.15 bits per heavy atom. The Bertz CT molecular complexity index is 672. The number of halogens is 2. The van der Waals surface area contributed by atoms with Gasteiger partial charge in [0.05, 0.1) is 16.6 Å². The first-order valence-corrected chi connectivity index (χ1v) is 10.2. The van der Waals surface area contributed by atoms with Crippen LogP contribution in [-0.4, -0.2) is 85.4 Å². The molecule has 0 aliphatic carbocycles. The number of carbonyl (C=O) groups is 2. The maximum Gasteiger partial charge on any atom is 0.251 e. The van der Waals surface area contributed by atoms with Gasteiger partial charge in [0.25, 0.3) is 5.91 Å². The molecule has 27 heavy (non-hydrogen) atoms. The van der Waals surface area contributed by atoms with Gasteiger partial charge in [-0.05, 0) is 44.1 Å². The minimum Gasteiger partial charge on any atom is -0.343 e. The van der Waals surface area contributed by atoms with Crippen molar-refractivity contribution < 1.29 is 9.59 Å². The Kier molecular flexibility index (Phi) is 7.35. The van der Waals surface area contributed by atoms with Gasteiger partial charge < -0.3 is 15.1 Å². The molecule has 0 aromatic heterocycles. The van der Waals surface area contributed by atoms with Crippen LogP contribution in [0.2, 0.25) is 10.0 Å². The monoisotopic (exact) mass is 412 g/mol. The van der Waals surface area contributed by atoms with Crippen LogP contribution in [0, 0.1) is 0 Å². The minimum atomic E-state index is -0.328. The van der Waals surface area contributed by atoms with Crippen molar-refractivity contribution in [2.45, 2.75) is 12.8 Å². The lowest BCUT2D eigenvalue weighted by molar-refractivity contribution is -0.131. The Hall–Kier alpha value is -1.34. The normalized spacial score (nSPS) is 18.7. The zero-order valence-electron chi connectivity index (χ0n) is 15.4. The molecule has 2 aliphatic heterocycles. The smallest absolute Gasteiger partial charge is 0.251 e. The molecule has 2 fully saturated rings. The van der Waals surface area contributed by atoms with Crippen molar-refractivity contribution in [2.24, 2.45) is 0 Å². The summed E-state index contributed by atoms with van der Waals surface area (Å²) in [5, 5.41) is 3.38. The van der Waals surface area contributed by atoms with Crippen LogP contribution in [0.3, 0.4) is 0 Å². The highest BCUT2D eigenvalue weighted by Crippen LogP contribution is 2.22. The summed E-state index contributed by atoms with van der Waals surface area (Å²) in [6, 6.07) is 4.66. The van der Waals surface area contributed by atoms with E-state index in [-0.39, 0.29) is 18.4 Å². The Labute approximate surface area is 170 Å². The number of carbonyl (C=O) groups excluding carboxylic acids is 2. The van der Waals surface area contributed by atoms with Gasteiger partial charge in [-0.2, -0.15) is 0 Å². The number of likely N-dealkylation sites (tertiary alicyclic amines) is 1. The van der Waals surface area contributed by atoms with E-state index in [1.165, 1.54) is 32.0 Å². The fraction of sp³-hybridized carbons (Fsp3) is 0.579. The summed E-state index contributed by atoms with van der Waals surface area (Å²) in [5.74, 6) is -0.381. The maximum atomic E-state index is 12.4. The molecular formula is C19H26Cl2N4O2. The molecular weight excluding hydrogens is 387 g/mol. The van der Waals surface area contributed by atoms with Gasteiger partial charge in [-0.15, -0.1) is 0 Å². The van der Waals surface area contributed by atoms with E-state index < -0.39 is 0 Å². The predicted octanol–water partition coefficient (Wildman–Crippen LogP) is 1.96. The van der Waals surface area contributed by atoms with Crippen molar-refractivity contribution in [1.29, 1.82) is 0 Å². The molecule has 1 N–H and O–H groups in total. The van der Waals surface area contributed by atoms with Crippen LogP contribution in [0.25, 0.3) is 0 Å². The molecule has 0 radical (unpaired) electrons. The Balaban J connectivity index is 1.37. The molecule has 8 heteroatoms. The van der Waals surface area contributed by atoms with Crippen LogP contribution in [0.4, 0.5) is 0 Å². The predicted molar refractivity (Wildman–Crippen MR) is 107 cm³/mol. The summed E-state index contributed by atoms with van der Waals surface area (Å²) < 4.78 is 0. The van der Waals surface area contributed by atoms with Crippen LogP contribution in [0.5, 0.6) is 0 Å². The second-order valence-corrected chi connectivity index (χ2v) is 7.90. The number of piperazine rings is 1. The zero-order valence-corrected chi connectivity index (χ0v) is 16.9. The summed E-state index contributed by atoms with van der Waals surface area (Å²) >= 11 is 11.8. The third-order valence-electron chi connectivity index (χ3n) is 5.24. The first kappa shape index (κ1) is 20.4. The van der Waals surface area contributed by atoms with Crippen LogP contribution in [0.15, 0.2) is 18.2 Å². The lowest BCUT2D eigenvalue weighted by atomic mass is 10.2. The second-order valence-electron chi connectivity index (χ2n) is 7.08.